The molecule has 24 heavy (non-hydrogen) atoms. The lowest BCUT2D eigenvalue weighted by atomic mass is 9.98. The number of benzene rings is 1. The molecule has 2 aromatic rings. The maximum atomic E-state index is 12.3. The summed E-state index contributed by atoms with van der Waals surface area (Å²) in [6, 6.07) is 5.42. The van der Waals surface area contributed by atoms with Crippen LogP contribution < -0.4 is 10.2 Å². The topological polar surface area (TPSA) is 62.3 Å². The normalized spacial score (nSPS) is 13.3. The minimum atomic E-state index is -0.158. The number of rotatable bonds is 4. The van der Waals surface area contributed by atoms with Gasteiger partial charge in [0.2, 0.25) is 5.91 Å². The smallest absolute Gasteiger partial charge is 0.251 e. The SMILES string of the molecule is C=CC(=O)N1CCCc2cc(C(=O)NCc3cnc(Cl)s3)ccc21. The number of carbonyl (C=O) groups is 2. The van der Waals surface area contributed by atoms with Crippen LogP contribution in [0.4, 0.5) is 5.69 Å². The summed E-state index contributed by atoms with van der Waals surface area (Å²) in [4.78, 5) is 30.8. The lowest BCUT2D eigenvalue weighted by Gasteiger charge is -2.28. The molecule has 0 unspecified atom stereocenters. The summed E-state index contributed by atoms with van der Waals surface area (Å²) in [6.45, 7) is 4.61. The number of amides is 2. The minimum absolute atomic E-state index is 0.116. The first-order valence-corrected chi connectivity index (χ1v) is 8.73. The van der Waals surface area contributed by atoms with Crippen molar-refractivity contribution in [2.45, 2.75) is 19.4 Å². The van der Waals surface area contributed by atoms with Crippen molar-refractivity contribution in [2.75, 3.05) is 11.4 Å². The summed E-state index contributed by atoms with van der Waals surface area (Å²) < 4.78 is 0.458. The molecule has 0 bridgehead atoms. The summed E-state index contributed by atoms with van der Waals surface area (Å²) in [5, 5.41) is 2.86. The van der Waals surface area contributed by atoms with Crippen LogP contribution in [-0.2, 0) is 17.8 Å². The quantitative estimate of drug-likeness (QED) is 0.851. The molecule has 0 radical (unpaired) electrons. The number of aromatic nitrogens is 1. The summed E-state index contributed by atoms with van der Waals surface area (Å²) in [6.07, 6.45) is 4.69. The van der Waals surface area contributed by atoms with Gasteiger partial charge in [-0.2, -0.15) is 0 Å². The lowest BCUT2D eigenvalue weighted by molar-refractivity contribution is -0.114. The van der Waals surface area contributed by atoms with Crippen LogP contribution in [0.5, 0.6) is 0 Å². The average molecular weight is 362 g/mol. The fourth-order valence-corrected chi connectivity index (χ4v) is 3.63. The first kappa shape index (κ1) is 16.7. The van der Waals surface area contributed by atoms with Gasteiger partial charge in [-0.05, 0) is 42.7 Å². The maximum Gasteiger partial charge on any atom is 0.251 e. The van der Waals surface area contributed by atoms with E-state index in [0.717, 1.165) is 29.0 Å². The predicted molar refractivity (Wildman–Crippen MR) is 95.6 cm³/mol. The molecule has 0 saturated carbocycles. The molecular weight excluding hydrogens is 346 g/mol. The molecule has 3 rings (SSSR count). The van der Waals surface area contributed by atoms with Crippen molar-refractivity contribution in [2.24, 2.45) is 0 Å². The molecule has 1 aromatic carbocycles. The second kappa shape index (κ2) is 7.15. The van der Waals surface area contributed by atoms with Gasteiger partial charge in [0, 0.05) is 28.9 Å². The number of thiazole rings is 1. The molecule has 1 N–H and O–H groups in total. The van der Waals surface area contributed by atoms with Crippen molar-refractivity contribution in [1.82, 2.24) is 10.3 Å². The highest BCUT2D eigenvalue weighted by atomic mass is 35.5. The Morgan fingerprint density at radius 3 is 3.00 bits per heavy atom. The monoisotopic (exact) mass is 361 g/mol. The van der Waals surface area contributed by atoms with Gasteiger partial charge in [0.25, 0.3) is 5.91 Å². The second-order valence-electron chi connectivity index (χ2n) is 5.40. The molecular formula is C17H16ClN3O2S. The number of carbonyl (C=O) groups excluding carboxylic acids is 2. The van der Waals surface area contributed by atoms with Crippen molar-refractivity contribution < 1.29 is 9.59 Å². The molecule has 124 valence electrons. The molecule has 7 heteroatoms. The number of fused-ring (bicyclic) bond motifs is 1. The summed E-state index contributed by atoms with van der Waals surface area (Å²) in [7, 11) is 0. The van der Waals surface area contributed by atoms with Crippen LogP contribution in [0.25, 0.3) is 0 Å². The lowest BCUT2D eigenvalue weighted by Crippen LogP contribution is -2.34. The fourth-order valence-electron chi connectivity index (χ4n) is 2.71. The first-order valence-electron chi connectivity index (χ1n) is 7.54. The molecule has 0 spiro atoms. The van der Waals surface area contributed by atoms with Crippen LogP contribution >= 0.6 is 22.9 Å². The van der Waals surface area contributed by atoms with Crippen molar-refractivity contribution in [1.29, 1.82) is 0 Å². The van der Waals surface area contributed by atoms with Gasteiger partial charge in [0.1, 0.15) is 0 Å². The molecule has 2 amide bonds. The molecule has 1 aromatic heterocycles. The largest absolute Gasteiger partial charge is 0.347 e. The van der Waals surface area contributed by atoms with E-state index in [0.29, 0.717) is 23.1 Å². The van der Waals surface area contributed by atoms with Gasteiger partial charge in [0.15, 0.2) is 4.47 Å². The number of anilines is 1. The Labute approximate surface area is 149 Å². The van der Waals surface area contributed by atoms with Crippen molar-refractivity contribution in [3.8, 4) is 0 Å². The van der Waals surface area contributed by atoms with Crippen molar-refractivity contribution in [3.05, 3.63) is 57.5 Å². The van der Waals surface area contributed by atoms with Gasteiger partial charge >= 0.3 is 0 Å². The molecule has 0 aliphatic carbocycles. The van der Waals surface area contributed by atoms with E-state index in [-0.39, 0.29) is 11.8 Å². The van der Waals surface area contributed by atoms with Gasteiger partial charge < -0.3 is 10.2 Å². The summed E-state index contributed by atoms with van der Waals surface area (Å²) in [5.41, 5.74) is 2.44. The third-order valence-corrected chi connectivity index (χ3v) is 4.96. The third-order valence-electron chi connectivity index (χ3n) is 3.85. The first-order chi connectivity index (χ1) is 11.6. The molecule has 1 aliphatic heterocycles. The number of nitrogens with zero attached hydrogens (tertiary/aromatic N) is 2. The van der Waals surface area contributed by atoms with Crippen LogP contribution in [0.2, 0.25) is 4.47 Å². The van der Waals surface area contributed by atoms with E-state index in [4.69, 9.17) is 11.6 Å². The van der Waals surface area contributed by atoms with Gasteiger partial charge in [-0.3, -0.25) is 9.59 Å². The zero-order valence-electron chi connectivity index (χ0n) is 12.9. The van der Waals surface area contributed by atoms with E-state index in [1.807, 2.05) is 12.1 Å². The van der Waals surface area contributed by atoms with E-state index in [1.165, 1.54) is 17.4 Å². The van der Waals surface area contributed by atoms with Gasteiger partial charge in [0.05, 0.1) is 6.54 Å². The minimum Gasteiger partial charge on any atom is -0.347 e. The van der Waals surface area contributed by atoms with Crippen LogP contribution in [0, 0.1) is 0 Å². The average Bonchev–Trinajstić information content (AvgIpc) is 3.03. The number of aryl methyl sites for hydroxylation is 1. The number of halogens is 1. The number of hydrogen-bond acceptors (Lipinski definition) is 4. The summed E-state index contributed by atoms with van der Waals surface area (Å²) in [5.74, 6) is -0.273. The fraction of sp³-hybridized carbons (Fsp3) is 0.235. The van der Waals surface area contributed by atoms with Crippen molar-refractivity contribution >= 4 is 40.4 Å². The van der Waals surface area contributed by atoms with E-state index < -0.39 is 0 Å². The van der Waals surface area contributed by atoms with Crippen LogP contribution in [0.1, 0.15) is 27.2 Å². The Morgan fingerprint density at radius 1 is 1.46 bits per heavy atom. The highest BCUT2D eigenvalue weighted by Gasteiger charge is 2.21. The van der Waals surface area contributed by atoms with E-state index >= 15 is 0 Å². The van der Waals surface area contributed by atoms with Gasteiger partial charge in [-0.1, -0.05) is 18.2 Å². The van der Waals surface area contributed by atoms with E-state index in [1.54, 1.807) is 17.2 Å². The maximum absolute atomic E-state index is 12.3. The molecule has 0 fully saturated rings. The zero-order chi connectivity index (χ0) is 17.1. The number of hydrogen-bond donors (Lipinski definition) is 1. The highest BCUT2D eigenvalue weighted by molar-refractivity contribution is 7.15. The Kier molecular flexibility index (Phi) is 4.97. The standard InChI is InChI=1S/C17H16ClN3O2S/c1-2-15(22)21-7-3-4-11-8-12(5-6-14(11)21)16(23)19-9-13-10-20-17(18)24-13/h2,5-6,8,10H,1,3-4,7,9H2,(H,19,23). The summed E-state index contributed by atoms with van der Waals surface area (Å²) >= 11 is 7.12. The third kappa shape index (κ3) is 3.49. The van der Waals surface area contributed by atoms with Crippen LogP contribution in [0.15, 0.2) is 37.1 Å². The predicted octanol–water partition coefficient (Wildman–Crippen LogP) is 3.19. The Bertz CT molecular complexity index is 803. The zero-order valence-corrected chi connectivity index (χ0v) is 14.5. The number of nitrogens with one attached hydrogen (secondary N) is 1. The molecule has 2 heterocycles. The van der Waals surface area contributed by atoms with Crippen LogP contribution in [-0.4, -0.2) is 23.3 Å². The Balaban J connectivity index is 1.74. The Hall–Kier alpha value is -2.18. The van der Waals surface area contributed by atoms with Crippen LogP contribution in [0.3, 0.4) is 0 Å². The van der Waals surface area contributed by atoms with E-state index in [2.05, 4.69) is 16.9 Å². The van der Waals surface area contributed by atoms with Gasteiger partial charge in [-0.15, -0.1) is 11.3 Å². The van der Waals surface area contributed by atoms with Crippen molar-refractivity contribution in [3.63, 3.8) is 0 Å². The van der Waals surface area contributed by atoms with E-state index in [9.17, 15) is 9.59 Å². The molecule has 1 aliphatic rings. The van der Waals surface area contributed by atoms with Gasteiger partial charge in [-0.25, -0.2) is 4.98 Å². The Morgan fingerprint density at radius 2 is 2.29 bits per heavy atom. The molecule has 0 atom stereocenters. The molecule has 0 saturated heterocycles. The molecule has 5 nitrogen and oxygen atoms in total. The second-order valence-corrected chi connectivity index (χ2v) is 7.10. The highest BCUT2D eigenvalue weighted by Crippen LogP contribution is 2.28.